The largest absolute Gasteiger partial charge is 0.478 e. The summed E-state index contributed by atoms with van der Waals surface area (Å²) >= 11 is 0. The number of nitrogens with zero attached hydrogens (tertiary/aromatic N) is 4. The molecule has 5 rings (SSSR count). The molecule has 11 heteroatoms. The van der Waals surface area contributed by atoms with Crippen molar-refractivity contribution in [1.29, 1.82) is 0 Å². The van der Waals surface area contributed by atoms with E-state index in [-0.39, 0.29) is 16.6 Å². The first-order valence-corrected chi connectivity index (χ1v) is 11.5. The van der Waals surface area contributed by atoms with Gasteiger partial charge in [0.2, 0.25) is 0 Å². The van der Waals surface area contributed by atoms with Crippen LogP contribution in [0.5, 0.6) is 0 Å². The lowest BCUT2D eigenvalue weighted by atomic mass is 10.0. The Morgan fingerprint density at radius 2 is 1.84 bits per heavy atom. The Morgan fingerprint density at radius 3 is 2.42 bits per heavy atom. The summed E-state index contributed by atoms with van der Waals surface area (Å²) in [6, 6.07) is 8.31. The van der Waals surface area contributed by atoms with Gasteiger partial charge in [0, 0.05) is 34.6 Å². The highest BCUT2D eigenvalue weighted by molar-refractivity contribution is 5.98. The van der Waals surface area contributed by atoms with Crippen LogP contribution in [0.3, 0.4) is 0 Å². The van der Waals surface area contributed by atoms with E-state index in [0.717, 1.165) is 16.7 Å². The van der Waals surface area contributed by atoms with Crippen LogP contribution in [0, 0.1) is 19.7 Å². The summed E-state index contributed by atoms with van der Waals surface area (Å²) in [7, 11) is 0. The Labute approximate surface area is 213 Å². The fourth-order valence-electron chi connectivity index (χ4n) is 4.76. The molecule has 1 aromatic carbocycles. The number of hydrogen-bond acceptors (Lipinski definition) is 5. The lowest BCUT2D eigenvalue weighted by Crippen LogP contribution is -2.19. The lowest BCUT2D eigenvalue weighted by molar-refractivity contribution is -0.143. The summed E-state index contributed by atoms with van der Waals surface area (Å²) in [6.07, 6.45) is -2.07. The molecule has 4 aromatic heterocycles. The summed E-state index contributed by atoms with van der Waals surface area (Å²) in [5.41, 5.74) is -0.492. The number of rotatable bonds is 5. The summed E-state index contributed by atoms with van der Waals surface area (Å²) in [5, 5.41) is 13.1. The number of aromatic carboxylic acids is 1. The molecule has 5 aromatic rings. The van der Waals surface area contributed by atoms with E-state index in [1.165, 1.54) is 18.5 Å². The van der Waals surface area contributed by atoms with Crippen LogP contribution in [0.4, 0.5) is 17.6 Å². The molecule has 0 spiro atoms. The second kappa shape index (κ2) is 9.09. The van der Waals surface area contributed by atoms with Gasteiger partial charge in [0.25, 0.3) is 0 Å². The number of alkyl halides is 3. The number of benzene rings is 1. The zero-order valence-electron chi connectivity index (χ0n) is 20.3. The summed E-state index contributed by atoms with van der Waals surface area (Å²) in [6.45, 7) is 4.95. The van der Waals surface area contributed by atoms with Crippen molar-refractivity contribution in [3.8, 4) is 22.3 Å². The third-order valence-electron chi connectivity index (χ3n) is 6.42. The Kier molecular flexibility index (Phi) is 6.01. The third-order valence-corrected chi connectivity index (χ3v) is 6.42. The summed E-state index contributed by atoms with van der Waals surface area (Å²) in [5.74, 6) is -2.05. The number of hydrogen-bond donors (Lipinski definition) is 1. The minimum Gasteiger partial charge on any atom is -0.478 e. The first-order valence-electron chi connectivity index (χ1n) is 11.5. The van der Waals surface area contributed by atoms with E-state index in [4.69, 9.17) is 4.52 Å². The van der Waals surface area contributed by atoms with Gasteiger partial charge < -0.3 is 14.2 Å². The quantitative estimate of drug-likeness (QED) is 0.253. The van der Waals surface area contributed by atoms with Gasteiger partial charge >= 0.3 is 12.1 Å². The number of fused-ring (bicyclic) bond motifs is 1. The molecule has 0 unspecified atom stereocenters. The molecule has 1 N–H and O–H groups in total. The number of pyridine rings is 2. The van der Waals surface area contributed by atoms with E-state index in [2.05, 4.69) is 15.1 Å². The molecular formula is C27H20F4N4O3. The number of halogens is 4. The van der Waals surface area contributed by atoms with Crippen molar-refractivity contribution in [3.63, 3.8) is 0 Å². The third kappa shape index (κ3) is 4.09. The van der Waals surface area contributed by atoms with Crippen LogP contribution < -0.4 is 0 Å². The highest BCUT2D eigenvalue weighted by Gasteiger charge is 2.42. The van der Waals surface area contributed by atoms with Gasteiger partial charge in [0.05, 0.1) is 34.0 Å². The predicted molar refractivity (Wildman–Crippen MR) is 130 cm³/mol. The van der Waals surface area contributed by atoms with Gasteiger partial charge in [-0.2, -0.15) is 13.2 Å². The number of carbonyl (C=O) groups is 1. The first-order chi connectivity index (χ1) is 18.0. The maximum atomic E-state index is 15.2. The molecule has 0 aliphatic heterocycles. The van der Waals surface area contributed by atoms with Gasteiger partial charge in [-0.15, -0.1) is 0 Å². The molecule has 194 valence electrons. The van der Waals surface area contributed by atoms with Gasteiger partial charge in [0.1, 0.15) is 17.3 Å². The molecule has 38 heavy (non-hydrogen) atoms. The zero-order valence-corrected chi connectivity index (χ0v) is 20.3. The average Bonchev–Trinajstić information content (AvgIpc) is 3.40. The molecule has 0 fully saturated rings. The van der Waals surface area contributed by atoms with Crippen LogP contribution in [0.15, 0.2) is 59.4 Å². The van der Waals surface area contributed by atoms with Crippen molar-refractivity contribution in [2.24, 2.45) is 0 Å². The van der Waals surface area contributed by atoms with Crippen molar-refractivity contribution in [1.82, 2.24) is 19.7 Å². The van der Waals surface area contributed by atoms with Gasteiger partial charge in [0.15, 0.2) is 0 Å². The molecule has 0 bridgehead atoms. The molecule has 0 aliphatic carbocycles. The van der Waals surface area contributed by atoms with E-state index < -0.39 is 40.8 Å². The Bertz CT molecular complexity index is 1670. The van der Waals surface area contributed by atoms with Crippen LogP contribution in [0.2, 0.25) is 0 Å². The number of carboxylic acids is 1. The van der Waals surface area contributed by atoms with E-state index in [0.29, 0.717) is 34.3 Å². The fraction of sp³-hybridized carbons (Fsp3) is 0.185. The monoisotopic (exact) mass is 524 g/mol. The second-order valence-corrected chi connectivity index (χ2v) is 8.81. The van der Waals surface area contributed by atoms with Crippen molar-refractivity contribution in [2.75, 3.05) is 0 Å². The van der Waals surface area contributed by atoms with Crippen molar-refractivity contribution < 1.29 is 32.0 Å². The molecular weight excluding hydrogens is 504 g/mol. The number of carboxylic acid groups (broad SMARTS) is 1. The fourth-order valence-corrected chi connectivity index (χ4v) is 4.76. The maximum absolute atomic E-state index is 15.2. The predicted octanol–water partition coefficient (Wildman–Crippen LogP) is 6.84. The van der Waals surface area contributed by atoms with Crippen molar-refractivity contribution in [2.45, 2.75) is 33.0 Å². The second-order valence-electron chi connectivity index (χ2n) is 8.81. The van der Waals surface area contributed by atoms with E-state index in [1.54, 1.807) is 39.0 Å². The maximum Gasteiger partial charge on any atom is 0.432 e. The summed E-state index contributed by atoms with van der Waals surface area (Å²) in [4.78, 5) is 19.9. The van der Waals surface area contributed by atoms with E-state index in [9.17, 15) is 23.1 Å². The number of aryl methyl sites for hydroxylation is 2. The van der Waals surface area contributed by atoms with Crippen LogP contribution >= 0.6 is 0 Å². The van der Waals surface area contributed by atoms with Gasteiger partial charge in [-0.05, 0) is 51.1 Å². The standard InChI is InChI=1S/C27H20F4N4O3/c1-13-22(15(3)38-34-13)17-11-21-24(33-12-17)23(18-8-7-16(26(36)37)10-19(18)28)25(27(29,30)31)35(21)14(2)20-6-4-5-9-32-20/h4-12,14H,1-3H3,(H,36,37)/t14-/m0/s1. The van der Waals surface area contributed by atoms with Crippen LogP contribution in [0.25, 0.3) is 33.3 Å². The van der Waals surface area contributed by atoms with Crippen LogP contribution in [-0.2, 0) is 6.18 Å². The topological polar surface area (TPSA) is 94.0 Å². The summed E-state index contributed by atoms with van der Waals surface area (Å²) < 4.78 is 66.0. The highest BCUT2D eigenvalue weighted by atomic mass is 19.4. The minimum atomic E-state index is -4.93. The van der Waals surface area contributed by atoms with Gasteiger partial charge in [-0.3, -0.25) is 9.97 Å². The van der Waals surface area contributed by atoms with Crippen molar-refractivity contribution >= 4 is 17.0 Å². The molecule has 7 nitrogen and oxygen atoms in total. The van der Waals surface area contributed by atoms with Gasteiger partial charge in [-0.1, -0.05) is 17.3 Å². The normalized spacial score (nSPS) is 12.7. The smallest absolute Gasteiger partial charge is 0.432 e. The molecule has 0 radical (unpaired) electrons. The van der Waals surface area contributed by atoms with E-state index in [1.807, 2.05) is 0 Å². The highest BCUT2D eigenvalue weighted by Crippen LogP contribution is 2.46. The Morgan fingerprint density at radius 1 is 1.08 bits per heavy atom. The molecule has 0 amide bonds. The lowest BCUT2D eigenvalue weighted by Gasteiger charge is -2.21. The SMILES string of the molecule is Cc1noc(C)c1-c1cnc2c(-c3ccc(C(=O)O)cc3F)c(C(F)(F)F)n([C@@H](C)c3ccccn3)c2c1. The Hall–Kier alpha value is -4.54. The molecule has 0 saturated carbocycles. The zero-order chi connectivity index (χ0) is 27.4. The molecule has 0 saturated heterocycles. The molecule has 4 heterocycles. The minimum absolute atomic E-state index is 0.0877. The molecule has 1 atom stereocenters. The molecule has 0 aliphatic rings. The van der Waals surface area contributed by atoms with E-state index >= 15 is 4.39 Å². The first kappa shape index (κ1) is 25.1. The van der Waals surface area contributed by atoms with Crippen molar-refractivity contribution in [3.05, 3.63) is 89.1 Å². The van der Waals surface area contributed by atoms with Crippen LogP contribution in [0.1, 0.15) is 46.2 Å². The van der Waals surface area contributed by atoms with Crippen LogP contribution in [-0.4, -0.2) is 30.8 Å². The van der Waals surface area contributed by atoms with Gasteiger partial charge in [-0.25, -0.2) is 9.18 Å². The number of aromatic nitrogens is 4. The Balaban J connectivity index is 1.90. The average molecular weight is 524 g/mol.